The monoisotopic (exact) mass is 415 g/mol. The van der Waals surface area contributed by atoms with E-state index in [0.29, 0.717) is 21.4 Å². The first-order valence-electron chi connectivity index (χ1n) is 8.57. The fraction of sp³-hybridized carbons (Fsp3) is 0.150. The van der Waals surface area contributed by atoms with Crippen LogP contribution in [0.2, 0.25) is 10.2 Å². The van der Waals surface area contributed by atoms with Gasteiger partial charge in [0.15, 0.2) is 0 Å². The Labute approximate surface area is 173 Å². The molecule has 0 bridgehead atoms. The Bertz CT molecular complexity index is 1010. The number of nitrogens with one attached hydrogen (secondary N) is 2. The smallest absolute Gasteiger partial charge is 0.259 e. The van der Waals surface area contributed by atoms with Crippen LogP contribution in [0.4, 0.5) is 5.69 Å². The summed E-state index contributed by atoms with van der Waals surface area (Å²) in [6, 6.07) is 15.0. The standard InChI is InChI=1S/C20H19Cl2N5O/c1-13-6-8-16(9-7-13)23-12-19(28)25-24-11-18-14(2)26-27(20(18)22)17-5-3-4-15(21)10-17/h3-11,23H,12H2,1-2H3,(H,25,28)/b24-11-. The summed E-state index contributed by atoms with van der Waals surface area (Å²) in [4.78, 5) is 12.0. The predicted molar refractivity (Wildman–Crippen MR) is 114 cm³/mol. The molecule has 0 radical (unpaired) electrons. The first-order chi connectivity index (χ1) is 13.4. The van der Waals surface area contributed by atoms with Crippen LogP contribution in [0.1, 0.15) is 16.8 Å². The van der Waals surface area contributed by atoms with Gasteiger partial charge >= 0.3 is 0 Å². The van der Waals surface area contributed by atoms with Crippen molar-refractivity contribution in [2.75, 3.05) is 11.9 Å². The molecule has 0 fully saturated rings. The lowest BCUT2D eigenvalue weighted by Gasteiger charge is -2.05. The molecule has 1 amide bonds. The minimum absolute atomic E-state index is 0.106. The largest absolute Gasteiger partial charge is 0.376 e. The Morgan fingerprint density at radius 2 is 1.93 bits per heavy atom. The second-order valence-electron chi connectivity index (χ2n) is 6.19. The van der Waals surface area contributed by atoms with Gasteiger partial charge in [-0.05, 0) is 44.2 Å². The van der Waals surface area contributed by atoms with Crippen molar-refractivity contribution in [3.8, 4) is 5.69 Å². The number of hydrogen-bond acceptors (Lipinski definition) is 4. The molecule has 0 unspecified atom stereocenters. The molecule has 3 rings (SSSR count). The molecule has 1 heterocycles. The molecular weight excluding hydrogens is 397 g/mol. The minimum Gasteiger partial charge on any atom is -0.376 e. The van der Waals surface area contributed by atoms with Gasteiger partial charge in [-0.3, -0.25) is 4.79 Å². The molecule has 0 spiro atoms. The molecule has 1 aromatic heterocycles. The molecule has 28 heavy (non-hydrogen) atoms. The van der Waals surface area contributed by atoms with E-state index in [1.807, 2.05) is 50.2 Å². The van der Waals surface area contributed by atoms with Crippen molar-refractivity contribution in [3.63, 3.8) is 0 Å². The Hall–Kier alpha value is -2.83. The van der Waals surface area contributed by atoms with Gasteiger partial charge in [0.25, 0.3) is 5.91 Å². The van der Waals surface area contributed by atoms with Crippen LogP contribution < -0.4 is 10.7 Å². The number of benzene rings is 2. The van der Waals surface area contributed by atoms with Gasteiger partial charge in [-0.1, -0.05) is 47.0 Å². The van der Waals surface area contributed by atoms with Gasteiger partial charge in [0.05, 0.1) is 29.7 Å². The van der Waals surface area contributed by atoms with Gasteiger partial charge in [-0.2, -0.15) is 10.2 Å². The summed E-state index contributed by atoms with van der Waals surface area (Å²) in [6.07, 6.45) is 1.48. The topological polar surface area (TPSA) is 71.3 Å². The summed E-state index contributed by atoms with van der Waals surface area (Å²) in [5.41, 5.74) is 6.54. The number of anilines is 1. The molecule has 0 saturated carbocycles. The van der Waals surface area contributed by atoms with Gasteiger partial charge in [-0.15, -0.1) is 0 Å². The third kappa shape index (κ3) is 4.91. The molecule has 0 aliphatic carbocycles. The van der Waals surface area contributed by atoms with E-state index < -0.39 is 0 Å². The van der Waals surface area contributed by atoms with Crippen LogP contribution >= 0.6 is 23.2 Å². The van der Waals surface area contributed by atoms with Gasteiger partial charge in [-0.25, -0.2) is 10.1 Å². The summed E-state index contributed by atoms with van der Waals surface area (Å²) < 4.78 is 1.57. The highest BCUT2D eigenvalue weighted by atomic mass is 35.5. The number of halogens is 2. The Kier molecular flexibility index (Phi) is 6.34. The molecule has 0 aliphatic heterocycles. The number of aromatic nitrogens is 2. The summed E-state index contributed by atoms with van der Waals surface area (Å²) in [5, 5.41) is 12.4. The molecule has 0 aliphatic rings. The van der Waals surface area contributed by atoms with E-state index in [0.717, 1.165) is 16.9 Å². The SMILES string of the molecule is Cc1ccc(NCC(=O)N/N=C\c2c(C)nn(-c3cccc(Cl)c3)c2Cl)cc1. The van der Waals surface area contributed by atoms with Gasteiger partial charge in [0.1, 0.15) is 5.15 Å². The van der Waals surface area contributed by atoms with Crippen LogP contribution in [-0.4, -0.2) is 28.4 Å². The number of carbonyl (C=O) groups excluding carboxylic acids is 1. The van der Waals surface area contributed by atoms with Crippen molar-refractivity contribution < 1.29 is 4.79 Å². The fourth-order valence-electron chi connectivity index (χ4n) is 2.50. The zero-order valence-corrected chi connectivity index (χ0v) is 16.9. The van der Waals surface area contributed by atoms with E-state index >= 15 is 0 Å². The van der Waals surface area contributed by atoms with E-state index in [-0.39, 0.29) is 12.5 Å². The maximum absolute atomic E-state index is 12.0. The number of amides is 1. The highest BCUT2D eigenvalue weighted by molar-refractivity contribution is 6.32. The highest BCUT2D eigenvalue weighted by Crippen LogP contribution is 2.23. The van der Waals surface area contributed by atoms with Crippen molar-refractivity contribution in [2.24, 2.45) is 5.10 Å². The zero-order chi connectivity index (χ0) is 20.1. The number of aryl methyl sites for hydroxylation is 2. The molecule has 2 aromatic carbocycles. The van der Waals surface area contributed by atoms with Crippen LogP contribution in [0.3, 0.4) is 0 Å². The lowest BCUT2D eigenvalue weighted by molar-refractivity contribution is -0.119. The number of rotatable bonds is 6. The number of carbonyl (C=O) groups is 1. The molecule has 3 aromatic rings. The van der Waals surface area contributed by atoms with E-state index in [4.69, 9.17) is 23.2 Å². The molecule has 144 valence electrons. The summed E-state index contributed by atoms with van der Waals surface area (Å²) in [6.45, 7) is 3.93. The van der Waals surface area contributed by atoms with Crippen LogP contribution in [0.15, 0.2) is 53.6 Å². The molecule has 0 atom stereocenters. The van der Waals surface area contributed by atoms with Crippen LogP contribution in [0, 0.1) is 13.8 Å². The first-order valence-corrected chi connectivity index (χ1v) is 9.33. The van der Waals surface area contributed by atoms with E-state index in [9.17, 15) is 4.79 Å². The number of hydrazone groups is 1. The second kappa shape index (κ2) is 8.91. The molecule has 8 heteroatoms. The maximum Gasteiger partial charge on any atom is 0.259 e. The number of nitrogens with zero attached hydrogens (tertiary/aromatic N) is 3. The van der Waals surface area contributed by atoms with E-state index in [1.165, 1.54) is 6.21 Å². The molecular formula is C20H19Cl2N5O. The average Bonchev–Trinajstić information content (AvgIpc) is 2.96. The summed E-state index contributed by atoms with van der Waals surface area (Å²) >= 11 is 12.5. The fourth-order valence-corrected chi connectivity index (χ4v) is 3.00. The van der Waals surface area contributed by atoms with Crippen molar-refractivity contribution in [2.45, 2.75) is 13.8 Å². The zero-order valence-electron chi connectivity index (χ0n) is 15.4. The quantitative estimate of drug-likeness (QED) is 0.464. The lowest BCUT2D eigenvalue weighted by Crippen LogP contribution is -2.25. The van der Waals surface area contributed by atoms with Crippen molar-refractivity contribution in [1.29, 1.82) is 0 Å². The predicted octanol–water partition coefficient (Wildman–Crippen LogP) is 4.36. The van der Waals surface area contributed by atoms with Crippen LogP contribution in [0.5, 0.6) is 0 Å². The Morgan fingerprint density at radius 3 is 2.64 bits per heavy atom. The molecule has 2 N–H and O–H groups in total. The summed E-state index contributed by atoms with van der Waals surface area (Å²) in [7, 11) is 0. The van der Waals surface area contributed by atoms with Crippen LogP contribution in [-0.2, 0) is 4.79 Å². The maximum atomic E-state index is 12.0. The highest BCUT2D eigenvalue weighted by Gasteiger charge is 2.13. The number of hydrogen-bond donors (Lipinski definition) is 2. The third-order valence-corrected chi connectivity index (χ3v) is 4.59. The molecule has 0 saturated heterocycles. The van der Waals surface area contributed by atoms with Crippen molar-refractivity contribution >= 4 is 41.0 Å². The normalized spacial score (nSPS) is 11.0. The Morgan fingerprint density at radius 1 is 1.18 bits per heavy atom. The van der Waals surface area contributed by atoms with E-state index in [2.05, 4.69) is 20.9 Å². The average molecular weight is 416 g/mol. The van der Waals surface area contributed by atoms with Gasteiger partial charge in [0.2, 0.25) is 0 Å². The van der Waals surface area contributed by atoms with Gasteiger partial charge < -0.3 is 5.32 Å². The van der Waals surface area contributed by atoms with Crippen molar-refractivity contribution in [1.82, 2.24) is 15.2 Å². The van der Waals surface area contributed by atoms with Crippen molar-refractivity contribution in [3.05, 3.63) is 75.5 Å². The summed E-state index contributed by atoms with van der Waals surface area (Å²) in [5.74, 6) is -0.271. The lowest BCUT2D eigenvalue weighted by atomic mass is 10.2. The Balaban J connectivity index is 1.62. The van der Waals surface area contributed by atoms with Crippen LogP contribution in [0.25, 0.3) is 5.69 Å². The van der Waals surface area contributed by atoms with E-state index in [1.54, 1.807) is 16.8 Å². The first kappa shape index (κ1) is 19.9. The molecule has 6 nitrogen and oxygen atoms in total. The third-order valence-electron chi connectivity index (χ3n) is 3.99. The van der Waals surface area contributed by atoms with Gasteiger partial charge in [0, 0.05) is 10.7 Å². The minimum atomic E-state index is -0.271. The second-order valence-corrected chi connectivity index (χ2v) is 6.99.